The summed E-state index contributed by atoms with van der Waals surface area (Å²) >= 11 is 0. The maximum atomic E-state index is 14.3. The molecule has 1 aromatic carbocycles. The fourth-order valence-corrected chi connectivity index (χ4v) is 5.06. The molecule has 1 unspecified atom stereocenters. The molecule has 1 saturated heterocycles. The topological polar surface area (TPSA) is 102 Å². The summed E-state index contributed by atoms with van der Waals surface area (Å²) < 4.78 is 46.8. The first-order valence-corrected chi connectivity index (χ1v) is 10.1. The van der Waals surface area contributed by atoms with Crippen LogP contribution in [0.15, 0.2) is 17.0 Å². The molecule has 1 aliphatic heterocycles. The third kappa shape index (κ3) is 5.31. The average Bonchev–Trinajstić information content (AvgIpc) is 2.62. The van der Waals surface area contributed by atoms with Gasteiger partial charge in [0.05, 0.1) is 12.0 Å². The van der Waals surface area contributed by atoms with Crippen LogP contribution in [0.1, 0.15) is 31.2 Å². The smallest absolute Gasteiger partial charge is 0.243 e. The van der Waals surface area contributed by atoms with Gasteiger partial charge in [-0.2, -0.15) is 4.31 Å². The molecule has 3 N–H and O–H groups in total. The number of rotatable bonds is 7. The predicted octanol–water partition coefficient (Wildman–Crippen LogP) is 1.57. The lowest BCUT2D eigenvalue weighted by molar-refractivity contribution is -0.121. The van der Waals surface area contributed by atoms with Gasteiger partial charge in [-0.05, 0) is 31.9 Å². The Bertz CT molecular complexity index is 761. The van der Waals surface area contributed by atoms with Crippen molar-refractivity contribution in [1.82, 2.24) is 9.62 Å². The van der Waals surface area contributed by atoms with E-state index in [2.05, 4.69) is 5.32 Å². The number of nitrogens with two attached hydrogens (primary N) is 1. The summed E-state index contributed by atoms with van der Waals surface area (Å²) in [6.45, 7) is 2.22. The van der Waals surface area contributed by atoms with E-state index >= 15 is 0 Å². The number of nitrogens with one attached hydrogen (secondary N) is 1. The number of hydrogen-bond acceptors (Lipinski definition) is 5. The Balaban J connectivity index is 0.00000364. The van der Waals surface area contributed by atoms with Crippen molar-refractivity contribution in [2.45, 2.75) is 43.5 Å². The van der Waals surface area contributed by atoms with Crippen LogP contribution in [0, 0.1) is 12.7 Å². The van der Waals surface area contributed by atoms with E-state index in [1.165, 1.54) is 30.5 Å². The van der Waals surface area contributed by atoms with Gasteiger partial charge in [0.1, 0.15) is 0 Å². The van der Waals surface area contributed by atoms with Gasteiger partial charge in [-0.15, -0.1) is 12.4 Å². The van der Waals surface area contributed by atoms with E-state index in [0.717, 1.165) is 12.8 Å². The van der Waals surface area contributed by atoms with Crippen LogP contribution in [0.25, 0.3) is 0 Å². The number of sulfonamides is 1. The van der Waals surface area contributed by atoms with Crippen LogP contribution in [-0.4, -0.2) is 51.4 Å². The highest BCUT2D eigenvalue weighted by atomic mass is 35.5. The first kappa shape index (κ1) is 23.6. The molecule has 1 atom stereocenters. The summed E-state index contributed by atoms with van der Waals surface area (Å²) in [5, 5.41) is 2.73. The fourth-order valence-electron chi connectivity index (χ4n) is 3.15. The highest BCUT2D eigenvalue weighted by molar-refractivity contribution is 7.89. The Labute approximate surface area is 165 Å². The maximum absolute atomic E-state index is 14.3. The number of nitrogens with zero attached hydrogens (tertiary/aromatic N) is 1. The molecule has 7 nitrogen and oxygen atoms in total. The number of hydrogen-bond donors (Lipinski definition) is 2. The van der Waals surface area contributed by atoms with Crippen LogP contribution in [0.3, 0.4) is 0 Å². The van der Waals surface area contributed by atoms with Crippen LogP contribution < -0.4 is 15.8 Å². The summed E-state index contributed by atoms with van der Waals surface area (Å²) in [5.74, 6) is -0.883. The molecule has 1 amide bonds. The minimum Gasteiger partial charge on any atom is -0.494 e. The molecule has 2 rings (SSSR count). The molecular weight excluding hydrogens is 397 g/mol. The van der Waals surface area contributed by atoms with E-state index in [-0.39, 0.29) is 60.1 Å². The van der Waals surface area contributed by atoms with Crippen molar-refractivity contribution in [3.05, 3.63) is 23.5 Å². The molecule has 1 aliphatic rings. The fraction of sp³-hybridized carbons (Fsp3) is 0.588. The first-order valence-electron chi connectivity index (χ1n) is 8.64. The van der Waals surface area contributed by atoms with Crippen molar-refractivity contribution < 1.29 is 22.3 Å². The maximum Gasteiger partial charge on any atom is 0.243 e. The van der Waals surface area contributed by atoms with E-state index in [9.17, 15) is 17.6 Å². The molecule has 0 saturated carbocycles. The van der Waals surface area contributed by atoms with Crippen LogP contribution in [0.4, 0.5) is 4.39 Å². The molecule has 154 valence electrons. The number of amides is 1. The second-order valence-electron chi connectivity index (χ2n) is 6.31. The third-order valence-corrected chi connectivity index (χ3v) is 6.68. The Morgan fingerprint density at radius 1 is 1.41 bits per heavy atom. The monoisotopic (exact) mass is 423 g/mol. The normalized spacial score (nSPS) is 17.9. The van der Waals surface area contributed by atoms with Crippen molar-refractivity contribution in [2.24, 2.45) is 5.73 Å². The lowest BCUT2D eigenvalue weighted by atomic mass is 10.1. The first-order chi connectivity index (χ1) is 12.3. The second kappa shape index (κ2) is 10.2. The van der Waals surface area contributed by atoms with Gasteiger partial charge in [-0.1, -0.05) is 6.42 Å². The van der Waals surface area contributed by atoms with Crippen LogP contribution in [-0.2, 0) is 14.8 Å². The van der Waals surface area contributed by atoms with Crippen LogP contribution in [0.2, 0.25) is 0 Å². The number of halogens is 2. The Hall–Kier alpha value is -1.42. The number of ether oxygens (including phenoxy) is 1. The zero-order valence-corrected chi connectivity index (χ0v) is 17.2. The van der Waals surface area contributed by atoms with E-state index in [1.54, 1.807) is 0 Å². The van der Waals surface area contributed by atoms with E-state index in [4.69, 9.17) is 10.5 Å². The van der Waals surface area contributed by atoms with Gasteiger partial charge in [0, 0.05) is 37.7 Å². The summed E-state index contributed by atoms with van der Waals surface area (Å²) in [7, 11) is -2.56. The highest BCUT2D eigenvalue weighted by Gasteiger charge is 2.35. The van der Waals surface area contributed by atoms with Gasteiger partial charge in [0.25, 0.3) is 0 Å². The van der Waals surface area contributed by atoms with Crippen LogP contribution >= 0.6 is 12.4 Å². The summed E-state index contributed by atoms with van der Waals surface area (Å²) in [4.78, 5) is 11.6. The minimum absolute atomic E-state index is 0. The van der Waals surface area contributed by atoms with Gasteiger partial charge in [0.15, 0.2) is 11.6 Å². The zero-order valence-electron chi connectivity index (χ0n) is 15.5. The highest BCUT2D eigenvalue weighted by Crippen LogP contribution is 2.31. The molecule has 1 aromatic rings. The van der Waals surface area contributed by atoms with Gasteiger partial charge >= 0.3 is 0 Å². The lowest BCUT2D eigenvalue weighted by Gasteiger charge is -2.35. The predicted molar refractivity (Wildman–Crippen MR) is 103 cm³/mol. The Kier molecular flexibility index (Phi) is 8.93. The molecule has 1 heterocycles. The molecule has 0 spiro atoms. The number of carbonyl (C=O) groups excluding carboxylic acids is 1. The molecule has 1 fully saturated rings. The molecule has 27 heavy (non-hydrogen) atoms. The summed E-state index contributed by atoms with van der Waals surface area (Å²) in [6, 6.07) is 2.32. The Morgan fingerprint density at radius 2 is 2.11 bits per heavy atom. The van der Waals surface area contributed by atoms with Gasteiger partial charge in [0.2, 0.25) is 15.9 Å². The van der Waals surface area contributed by atoms with Crippen molar-refractivity contribution >= 4 is 28.3 Å². The van der Waals surface area contributed by atoms with Gasteiger partial charge in [-0.3, -0.25) is 4.79 Å². The quantitative estimate of drug-likeness (QED) is 0.693. The van der Waals surface area contributed by atoms with Gasteiger partial charge < -0.3 is 15.8 Å². The molecule has 0 radical (unpaired) electrons. The lowest BCUT2D eigenvalue weighted by Crippen LogP contribution is -2.49. The number of piperidine rings is 1. The van der Waals surface area contributed by atoms with Crippen molar-refractivity contribution in [1.29, 1.82) is 0 Å². The van der Waals surface area contributed by atoms with Crippen LogP contribution in [0.5, 0.6) is 5.75 Å². The SMILES string of the molecule is COc1ccc(S(=O)(=O)N2CCCCC2CNC(=O)CCN)c(C)c1F.Cl. The minimum atomic E-state index is -3.89. The molecule has 10 heteroatoms. The molecule has 0 aromatic heterocycles. The van der Waals surface area contributed by atoms with Crippen molar-refractivity contribution in [3.63, 3.8) is 0 Å². The summed E-state index contributed by atoms with van der Waals surface area (Å²) in [6.07, 6.45) is 2.44. The zero-order chi connectivity index (χ0) is 19.3. The van der Waals surface area contributed by atoms with Gasteiger partial charge in [-0.25, -0.2) is 12.8 Å². The van der Waals surface area contributed by atoms with E-state index in [0.29, 0.717) is 13.0 Å². The number of methoxy groups -OCH3 is 1. The molecule has 0 bridgehead atoms. The largest absolute Gasteiger partial charge is 0.494 e. The number of carbonyl (C=O) groups is 1. The second-order valence-corrected chi connectivity index (χ2v) is 8.17. The number of benzene rings is 1. The average molecular weight is 424 g/mol. The molecule has 0 aliphatic carbocycles. The molecular formula is C17H27ClFN3O4S. The third-order valence-electron chi connectivity index (χ3n) is 4.59. The Morgan fingerprint density at radius 3 is 2.74 bits per heavy atom. The standard InChI is InChI=1S/C17H26FN3O4S.ClH/c1-12-15(7-6-14(25-2)17(12)18)26(23,24)21-10-4-3-5-13(21)11-20-16(22)8-9-19;/h6-7,13H,3-5,8-11,19H2,1-2H3,(H,20,22);1H. The van der Waals surface area contributed by atoms with E-state index in [1.807, 2.05) is 0 Å². The van der Waals surface area contributed by atoms with Crippen molar-refractivity contribution in [3.8, 4) is 5.75 Å². The summed E-state index contributed by atoms with van der Waals surface area (Å²) in [5.41, 5.74) is 5.38. The van der Waals surface area contributed by atoms with Crippen molar-refractivity contribution in [2.75, 3.05) is 26.7 Å². The van der Waals surface area contributed by atoms with E-state index < -0.39 is 15.8 Å².